The third kappa shape index (κ3) is 4.22. The number of carbonyl (C=O) groups excluding carboxylic acids is 1. The summed E-state index contributed by atoms with van der Waals surface area (Å²) in [5, 5.41) is 0.384. The molecular formula is C13H9Cl2O5P. The molecule has 0 saturated heterocycles. The zero-order chi connectivity index (χ0) is 15.5. The van der Waals surface area contributed by atoms with Crippen LogP contribution in [0.2, 0.25) is 10.0 Å². The largest absolute Gasteiger partial charge is 0.485 e. The number of ether oxygens (including phenoxy) is 1. The first-order chi connectivity index (χ1) is 9.88. The van der Waals surface area contributed by atoms with Crippen molar-refractivity contribution >= 4 is 36.5 Å². The molecule has 1 atom stereocenters. The van der Waals surface area contributed by atoms with Crippen molar-refractivity contribution in [1.82, 2.24) is 0 Å². The van der Waals surface area contributed by atoms with Gasteiger partial charge in [-0.25, -0.2) is 9.36 Å². The number of halogens is 2. The lowest BCUT2D eigenvalue weighted by Gasteiger charge is -2.12. The van der Waals surface area contributed by atoms with Gasteiger partial charge >= 0.3 is 13.3 Å². The first-order valence-electron chi connectivity index (χ1n) is 5.63. The van der Waals surface area contributed by atoms with Crippen molar-refractivity contribution in [2.45, 2.75) is 0 Å². The van der Waals surface area contributed by atoms with Gasteiger partial charge in [-0.05, 0) is 24.3 Å². The Hall–Kier alpha value is -1.52. The van der Waals surface area contributed by atoms with E-state index in [1.165, 1.54) is 30.3 Å². The molecule has 1 N–H and O–H groups in total. The molecule has 8 heteroatoms. The molecule has 0 amide bonds. The summed E-state index contributed by atoms with van der Waals surface area (Å²) in [6.07, 6.45) is 0. The maximum absolute atomic E-state index is 11.9. The maximum atomic E-state index is 11.9. The number of hydrogen-bond acceptors (Lipinski definition) is 4. The number of carbonyl (C=O) groups is 1. The number of benzene rings is 2. The van der Waals surface area contributed by atoms with E-state index < -0.39 is 13.3 Å². The molecule has 0 heterocycles. The van der Waals surface area contributed by atoms with Crippen LogP contribution in [0, 0.1) is 0 Å². The van der Waals surface area contributed by atoms with Crippen molar-refractivity contribution in [2.75, 3.05) is 0 Å². The topological polar surface area (TPSA) is 72.8 Å². The van der Waals surface area contributed by atoms with Crippen LogP contribution in [0.25, 0.3) is 0 Å². The zero-order valence-corrected chi connectivity index (χ0v) is 12.8. The van der Waals surface area contributed by atoms with E-state index in [0.29, 0.717) is 0 Å². The summed E-state index contributed by atoms with van der Waals surface area (Å²) >= 11 is 11.5. The van der Waals surface area contributed by atoms with E-state index in [1.54, 1.807) is 18.2 Å². The molecule has 110 valence electrons. The maximum Gasteiger partial charge on any atom is 0.485 e. The van der Waals surface area contributed by atoms with Crippen LogP contribution in [0.15, 0.2) is 48.5 Å². The molecule has 0 aliphatic carbocycles. The predicted octanol–water partition coefficient (Wildman–Crippen LogP) is 4.76. The molecule has 0 aromatic heterocycles. The molecule has 2 aromatic rings. The molecular weight excluding hydrogens is 338 g/mol. The average molecular weight is 347 g/mol. The first-order valence-corrected chi connectivity index (χ1v) is 7.97. The first kappa shape index (κ1) is 15.9. The summed E-state index contributed by atoms with van der Waals surface area (Å²) in [7, 11) is -4.67. The predicted molar refractivity (Wildman–Crippen MR) is 79.4 cm³/mol. The Morgan fingerprint density at radius 3 is 2.29 bits per heavy atom. The van der Waals surface area contributed by atoms with Gasteiger partial charge in [-0.3, -0.25) is 0 Å². The molecule has 0 bridgehead atoms. The van der Waals surface area contributed by atoms with Crippen molar-refractivity contribution in [3.8, 4) is 11.5 Å². The van der Waals surface area contributed by atoms with Crippen LogP contribution in [-0.2, 0) is 4.57 Å². The molecule has 0 radical (unpaired) electrons. The highest BCUT2D eigenvalue weighted by molar-refractivity contribution is 7.70. The lowest BCUT2D eigenvalue weighted by Crippen LogP contribution is -2.10. The van der Waals surface area contributed by atoms with E-state index in [9.17, 15) is 14.3 Å². The van der Waals surface area contributed by atoms with Crippen LogP contribution < -0.4 is 9.26 Å². The van der Waals surface area contributed by atoms with Crippen molar-refractivity contribution in [3.63, 3.8) is 0 Å². The highest BCUT2D eigenvalue weighted by atomic mass is 35.5. The van der Waals surface area contributed by atoms with E-state index in [2.05, 4.69) is 0 Å². The standard InChI is InChI=1S/C13H9Cl2O5P/c14-11-7-6-10(8-12(11)15)20-21(17,18)13(16)19-9-4-2-1-3-5-9/h1-8H,(H,17,18). The quantitative estimate of drug-likeness (QED) is 0.808. The van der Waals surface area contributed by atoms with Gasteiger partial charge in [0, 0.05) is 6.07 Å². The van der Waals surface area contributed by atoms with Crippen LogP contribution in [0.1, 0.15) is 0 Å². The molecule has 0 aliphatic rings. The Morgan fingerprint density at radius 1 is 1.00 bits per heavy atom. The van der Waals surface area contributed by atoms with Gasteiger partial charge < -0.3 is 14.2 Å². The van der Waals surface area contributed by atoms with Crippen LogP contribution >= 0.6 is 30.8 Å². The summed E-state index contributed by atoms with van der Waals surface area (Å²) in [6.45, 7) is 0. The Balaban J connectivity index is 2.12. The molecule has 2 aromatic carbocycles. The van der Waals surface area contributed by atoms with E-state index in [4.69, 9.17) is 32.5 Å². The zero-order valence-electron chi connectivity index (χ0n) is 10.4. The summed E-state index contributed by atoms with van der Waals surface area (Å²) in [5.41, 5.74) is -1.39. The molecule has 5 nitrogen and oxygen atoms in total. The fourth-order valence-electron chi connectivity index (χ4n) is 1.36. The molecule has 0 saturated carbocycles. The second-order valence-corrected chi connectivity index (χ2v) is 6.27. The molecule has 1 unspecified atom stereocenters. The Morgan fingerprint density at radius 2 is 1.67 bits per heavy atom. The van der Waals surface area contributed by atoms with Crippen LogP contribution in [0.3, 0.4) is 0 Å². The average Bonchev–Trinajstić information content (AvgIpc) is 2.43. The normalized spacial score (nSPS) is 13.3. The second-order valence-electron chi connectivity index (χ2n) is 3.87. The van der Waals surface area contributed by atoms with Gasteiger partial charge in [0.25, 0.3) is 0 Å². The molecule has 21 heavy (non-hydrogen) atoms. The third-order valence-electron chi connectivity index (χ3n) is 2.30. The van der Waals surface area contributed by atoms with E-state index >= 15 is 0 Å². The molecule has 2 rings (SSSR count). The lowest BCUT2D eigenvalue weighted by atomic mass is 10.3. The summed E-state index contributed by atoms with van der Waals surface area (Å²) in [5.74, 6) is 0.0646. The highest BCUT2D eigenvalue weighted by Crippen LogP contribution is 2.45. The molecule has 0 spiro atoms. The molecule has 0 fully saturated rings. The van der Waals surface area contributed by atoms with E-state index in [1.807, 2.05) is 0 Å². The van der Waals surface area contributed by atoms with Crippen LogP contribution in [0.5, 0.6) is 11.5 Å². The van der Waals surface area contributed by atoms with Gasteiger partial charge in [0.2, 0.25) is 0 Å². The summed E-state index contributed by atoms with van der Waals surface area (Å²) in [6, 6.07) is 11.8. The van der Waals surface area contributed by atoms with Gasteiger partial charge in [-0.2, -0.15) is 0 Å². The van der Waals surface area contributed by atoms with Gasteiger partial charge in [0.1, 0.15) is 11.5 Å². The lowest BCUT2D eigenvalue weighted by molar-refractivity contribution is 0.214. The van der Waals surface area contributed by atoms with Crippen LogP contribution in [0.4, 0.5) is 4.79 Å². The van der Waals surface area contributed by atoms with Gasteiger partial charge in [0.05, 0.1) is 10.0 Å². The minimum atomic E-state index is -4.67. The molecule has 0 aliphatic heterocycles. The van der Waals surface area contributed by atoms with Crippen molar-refractivity contribution in [1.29, 1.82) is 0 Å². The van der Waals surface area contributed by atoms with Gasteiger partial charge in [0.15, 0.2) is 0 Å². The minimum absolute atomic E-state index is 0.0692. The van der Waals surface area contributed by atoms with Gasteiger partial charge in [-0.15, -0.1) is 0 Å². The monoisotopic (exact) mass is 346 g/mol. The van der Waals surface area contributed by atoms with Gasteiger partial charge in [-0.1, -0.05) is 41.4 Å². The fourth-order valence-corrected chi connectivity index (χ4v) is 2.34. The highest BCUT2D eigenvalue weighted by Gasteiger charge is 2.35. The summed E-state index contributed by atoms with van der Waals surface area (Å²) in [4.78, 5) is 21.3. The third-order valence-corrected chi connectivity index (χ3v) is 4.05. The Labute approximate surface area is 130 Å². The van der Waals surface area contributed by atoms with Crippen molar-refractivity contribution in [3.05, 3.63) is 58.6 Å². The summed E-state index contributed by atoms with van der Waals surface area (Å²) < 4.78 is 21.4. The van der Waals surface area contributed by atoms with Crippen molar-refractivity contribution in [2.24, 2.45) is 0 Å². The van der Waals surface area contributed by atoms with Crippen LogP contribution in [-0.4, -0.2) is 10.6 Å². The number of hydrogen-bond donors (Lipinski definition) is 1. The Bertz CT molecular complexity index is 705. The smallest absolute Gasteiger partial charge is 0.417 e. The number of para-hydroxylation sites is 1. The number of rotatable bonds is 4. The second kappa shape index (κ2) is 6.50. The SMILES string of the molecule is O=C(Oc1ccccc1)P(=O)(O)Oc1ccc(Cl)c(Cl)c1. The minimum Gasteiger partial charge on any atom is -0.417 e. The van der Waals surface area contributed by atoms with E-state index in [-0.39, 0.29) is 21.5 Å². The van der Waals surface area contributed by atoms with Crippen molar-refractivity contribution < 1.29 is 23.5 Å². The Kier molecular flexibility index (Phi) is 4.91. The van der Waals surface area contributed by atoms with E-state index in [0.717, 1.165) is 0 Å². The fraction of sp³-hybridized carbons (Fsp3) is 0.